The number of benzene rings is 2. The van der Waals surface area contributed by atoms with E-state index >= 15 is 0 Å². The summed E-state index contributed by atoms with van der Waals surface area (Å²) in [4.78, 5) is 26.7. The van der Waals surface area contributed by atoms with E-state index in [0.717, 1.165) is 12.8 Å². The Morgan fingerprint density at radius 3 is 2.07 bits per heavy atom. The average molecular weight is 367 g/mol. The summed E-state index contributed by atoms with van der Waals surface area (Å²) in [5.74, 6) is -1.05. The molecule has 27 heavy (non-hydrogen) atoms. The molecular weight excluding hydrogens is 342 g/mol. The third-order valence-electron chi connectivity index (χ3n) is 5.36. The quantitative estimate of drug-likeness (QED) is 0.869. The third kappa shape index (κ3) is 4.03. The molecule has 0 aromatic heterocycles. The summed E-state index contributed by atoms with van der Waals surface area (Å²) in [6, 6.07) is 14.0. The molecule has 0 saturated carbocycles. The zero-order valence-corrected chi connectivity index (χ0v) is 15.8. The van der Waals surface area contributed by atoms with Gasteiger partial charge in [0.05, 0.1) is 12.2 Å². The largest absolute Gasteiger partial charge is 0.478 e. The van der Waals surface area contributed by atoms with Gasteiger partial charge >= 0.3 is 5.97 Å². The van der Waals surface area contributed by atoms with Gasteiger partial charge in [0, 0.05) is 25.8 Å². The molecule has 0 radical (unpaired) electrons. The maximum atomic E-state index is 13.2. The minimum atomic E-state index is -0.999. The minimum absolute atomic E-state index is 0.0507. The zero-order valence-electron chi connectivity index (χ0n) is 15.8. The van der Waals surface area contributed by atoms with E-state index in [1.807, 2.05) is 23.1 Å². The highest BCUT2D eigenvalue weighted by Crippen LogP contribution is 2.33. The van der Waals surface area contributed by atoms with E-state index in [1.54, 1.807) is 37.4 Å². The number of rotatable bonds is 5. The lowest BCUT2D eigenvalue weighted by Crippen LogP contribution is -2.43. The molecule has 3 rings (SSSR count). The van der Waals surface area contributed by atoms with Crippen LogP contribution in [0, 0.1) is 5.41 Å². The van der Waals surface area contributed by atoms with Gasteiger partial charge in [-0.1, -0.05) is 43.3 Å². The van der Waals surface area contributed by atoms with Gasteiger partial charge in [-0.3, -0.25) is 4.79 Å². The van der Waals surface area contributed by atoms with Crippen molar-refractivity contribution in [2.45, 2.75) is 19.8 Å². The van der Waals surface area contributed by atoms with Crippen LogP contribution >= 0.6 is 0 Å². The van der Waals surface area contributed by atoms with Gasteiger partial charge in [0.2, 0.25) is 0 Å². The highest BCUT2D eigenvalue weighted by Gasteiger charge is 2.32. The first kappa shape index (κ1) is 19.1. The van der Waals surface area contributed by atoms with Crippen LogP contribution in [0.5, 0.6) is 0 Å². The van der Waals surface area contributed by atoms with Crippen molar-refractivity contribution < 1.29 is 19.4 Å². The van der Waals surface area contributed by atoms with Crippen molar-refractivity contribution in [3.05, 3.63) is 59.7 Å². The second kappa shape index (κ2) is 7.92. The number of carbonyl (C=O) groups is 2. The number of piperidine rings is 1. The van der Waals surface area contributed by atoms with Gasteiger partial charge in [-0.25, -0.2) is 4.79 Å². The number of ether oxygens (including phenoxy) is 1. The number of carbonyl (C=O) groups excluding carboxylic acids is 1. The van der Waals surface area contributed by atoms with E-state index < -0.39 is 5.97 Å². The first-order valence-electron chi connectivity index (χ1n) is 9.15. The van der Waals surface area contributed by atoms with Crippen LogP contribution in [0.4, 0.5) is 0 Å². The molecule has 1 fully saturated rings. The monoisotopic (exact) mass is 367 g/mol. The molecule has 1 amide bonds. The van der Waals surface area contributed by atoms with Crippen LogP contribution in [0.25, 0.3) is 11.1 Å². The van der Waals surface area contributed by atoms with Crippen LogP contribution in [0.1, 0.15) is 40.5 Å². The third-order valence-corrected chi connectivity index (χ3v) is 5.36. The number of aromatic carboxylic acids is 1. The Morgan fingerprint density at radius 1 is 1.00 bits per heavy atom. The van der Waals surface area contributed by atoms with Gasteiger partial charge in [0.25, 0.3) is 5.91 Å². The Kier molecular flexibility index (Phi) is 5.61. The van der Waals surface area contributed by atoms with Gasteiger partial charge in [-0.15, -0.1) is 0 Å². The SMILES string of the molecule is COCC1(C)CCN(C(=O)c2ccccc2-c2ccccc2C(=O)O)CC1. The van der Waals surface area contributed by atoms with E-state index in [9.17, 15) is 14.7 Å². The maximum absolute atomic E-state index is 13.2. The smallest absolute Gasteiger partial charge is 0.336 e. The van der Waals surface area contributed by atoms with E-state index in [2.05, 4.69) is 6.92 Å². The van der Waals surface area contributed by atoms with Crippen molar-refractivity contribution in [1.29, 1.82) is 0 Å². The van der Waals surface area contributed by atoms with Gasteiger partial charge in [-0.2, -0.15) is 0 Å². The van der Waals surface area contributed by atoms with Crippen molar-refractivity contribution in [2.75, 3.05) is 26.8 Å². The molecular formula is C22H25NO4. The van der Waals surface area contributed by atoms with Gasteiger partial charge < -0.3 is 14.7 Å². The molecule has 1 saturated heterocycles. The summed E-state index contributed by atoms with van der Waals surface area (Å²) in [6.45, 7) is 4.23. The summed E-state index contributed by atoms with van der Waals surface area (Å²) < 4.78 is 5.32. The molecule has 1 heterocycles. The Balaban J connectivity index is 1.89. The second-order valence-corrected chi connectivity index (χ2v) is 7.43. The molecule has 2 aromatic rings. The average Bonchev–Trinajstić information content (AvgIpc) is 2.68. The van der Waals surface area contributed by atoms with Crippen LogP contribution in [-0.2, 0) is 4.74 Å². The Hall–Kier alpha value is -2.66. The van der Waals surface area contributed by atoms with Gasteiger partial charge in [0.15, 0.2) is 0 Å². The molecule has 0 spiro atoms. The van der Waals surface area contributed by atoms with Crippen LogP contribution in [-0.4, -0.2) is 48.7 Å². The first-order valence-corrected chi connectivity index (χ1v) is 9.15. The van der Waals surface area contributed by atoms with Crippen LogP contribution in [0.15, 0.2) is 48.5 Å². The molecule has 1 aliphatic heterocycles. The molecule has 0 atom stereocenters. The molecule has 0 aliphatic carbocycles. The van der Waals surface area contributed by atoms with Crippen LogP contribution in [0.2, 0.25) is 0 Å². The summed E-state index contributed by atoms with van der Waals surface area (Å²) in [7, 11) is 1.71. The van der Waals surface area contributed by atoms with Crippen LogP contribution < -0.4 is 0 Å². The minimum Gasteiger partial charge on any atom is -0.478 e. The summed E-state index contributed by atoms with van der Waals surface area (Å²) in [5.41, 5.74) is 2.06. The normalized spacial score (nSPS) is 16.1. The zero-order chi connectivity index (χ0) is 19.4. The molecule has 0 bridgehead atoms. The fourth-order valence-electron chi connectivity index (χ4n) is 3.72. The van der Waals surface area contributed by atoms with Gasteiger partial charge in [0.1, 0.15) is 0 Å². The van der Waals surface area contributed by atoms with Crippen LogP contribution in [0.3, 0.4) is 0 Å². The van der Waals surface area contributed by atoms with Crippen molar-refractivity contribution in [3.63, 3.8) is 0 Å². The number of carboxylic acids is 1. The summed E-state index contributed by atoms with van der Waals surface area (Å²) in [6.07, 6.45) is 1.78. The van der Waals surface area contributed by atoms with Gasteiger partial charge in [-0.05, 0) is 41.5 Å². The first-order chi connectivity index (χ1) is 12.9. The second-order valence-electron chi connectivity index (χ2n) is 7.43. The van der Waals surface area contributed by atoms with Crippen molar-refractivity contribution in [1.82, 2.24) is 4.90 Å². The maximum Gasteiger partial charge on any atom is 0.336 e. The number of hydrogen-bond donors (Lipinski definition) is 1. The molecule has 1 aliphatic rings. The molecule has 142 valence electrons. The van der Waals surface area contributed by atoms with E-state index in [-0.39, 0.29) is 16.9 Å². The summed E-state index contributed by atoms with van der Waals surface area (Å²) >= 11 is 0. The number of amides is 1. The number of carboxylic acid groups (broad SMARTS) is 1. The molecule has 1 N–H and O–H groups in total. The number of hydrogen-bond acceptors (Lipinski definition) is 3. The standard InChI is InChI=1S/C22H25NO4/c1-22(15-27-2)11-13-23(14-12-22)20(24)18-9-5-3-7-16(18)17-8-4-6-10-19(17)21(25)26/h3-10H,11-15H2,1-2H3,(H,25,26). The Morgan fingerprint density at radius 2 is 1.52 bits per heavy atom. The number of nitrogens with zero attached hydrogens (tertiary/aromatic N) is 1. The molecule has 2 aromatic carbocycles. The highest BCUT2D eigenvalue weighted by molar-refractivity contribution is 6.04. The van der Waals surface area contributed by atoms with Crippen molar-refractivity contribution >= 4 is 11.9 Å². The van der Waals surface area contributed by atoms with Crippen molar-refractivity contribution in [3.8, 4) is 11.1 Å². The lowest BCUT2D eigenvalue weighted by atomic mass is 9.81. The predicted octanol–water partition coefficient (Wildman–Crippen LogP) is 3.94. The number of likely N-dealkylation sites (tertiary alicyclic amines) is 1. The summed E-state index contributed by atoms with van der Waals surface area (Å²) in [5, 5.41) is 9.51. The van der Waals surface area contributed by atoms with Crippen molar-refractivity contribution in [2.24, 2.45) is 5.41 Å². The Labute approximate surface area is 159 Å². The van der Waals surface area contributed by atoms with E-state index in [1.165, 1.54) is 0 Å². The molecule has 5 nitrogen and oxygen atoms in total. The lowest BCUT2D eigenvalue weighted by Gasteiger charge is -2.39. The fraction of sp³-hybridized carbons (Fsp3) is 0.364. The van der Waals surface area contributed by atoms with E-state index in [0.29, 0.717) is 36.4 Å². The molecule has 5 heteroatoms. The predicted molar refractivity (Wildman–Crippen MR) is 104 cm³/mol. The number of methoxy groups -OCH3 is 1. The molecule has 0 unspecified atom stereocenters. The Bertz CT molecular complexity index is 838. The topological polar surface area (TPSA) is 66.8 Å². The lowest BCUT2D eigenvalue weighted by molar-refractivity contribution is 0.0302. The van der Waals surface area contributed by atoms with E-state index in [4.69, 9.17) is 4.74 Å². The highest BCUT2D eigenvalue weighted by atomic mass is 16.5. The fourth-order valence-corrected chi connectivity index (χ4v) is 3.72.